The first-order chi connectivity index (χ1) is 9.81. The highest BCUT2D eigenvalue weighted by Crippen LogP contribution is 2.28. The zero-order valence-electron chi connectivity index (χ0n) is 11.0. The summed E-state index contributed by atoms with van der Waals surface area (Å²) in [6.07, 6.45) is 6.39. The van der Waals surface area contributed by atoms with Crippen LogP contribution in [0.3, 0.4) is 0 Å². The van der Waals surface area contributed by atoms with Crippen molar-refractivity contribution in [1.82, 2.24) is 15.0 Å². The van der Waals surface area contributed by atoms with Gasteiger partial charge in [0.15, 0.2) is 5.82 Å². The first kappa shape index (κ1) is 11.6. The number of benzene rings is 1. The molecule has 2 aromatic heterocycles. The van der Waals surface area contributed by atoms with Gasteiger partial charge >= 0.3 is 0 Å². The van der Waals surface area contributed by atoms with E-state index in [4.69, 9.17) is 0 Å². The Morgan fingerprint density at radius 3 is 2.95 bits per heavy atom. The lowest BCUT2D eigenvalue weighted by Crippen LogP contribution is -2.00. The molecule has 0 saturated carbocycles. The van der Waals surface area contributed by atoms with Crippen LogP contribution < -0.4 is 0 Å². The number of hydrogen-bond acceptors (Lipinski definition) is 2. The summed E-state index contributed by atoms with van der Waals surface area (Å²) in [6, 6.07) is 6.43. The van der Waals surface area contributed by atoms with Crippen molar-refractivity contribution >= 4 is 11.0 Å². The van der Waals surface area contributed by atoms with Gasteiger partial charge in [-0.2, -0.15) is 0 Å². The van der Waals surface area contributed by atoms with Crippen molar-refractivity contribution in [3.63, 3.8) is 0 Å². The van der Waals surface area contributed by atoms with Gasteiger partial charge in [-0.05, 0) is 43.4 Å². The molecule has 20 heavy (non-hydrogen) atoms. The number of nitrogens with zero attached hydrogens (tertiary/aromatic N) is 2. The Kier molecular flexibility index (Phi) is 2.55. The van der Waals surface area contributed by atoms with E-state index in [-0.39, 0.29) is 5.82 Å². The summed E-state index contributed by atoms with van der Waals surface area (Å²) in [6.45, 7) is 0. The van der Waals surface area contributed by atoms with E-state index in [1.54, 1.807) is 12.3 Å². The number of nitrogens with one attached hydrogen (secondary N) is 1. The molecule has 0 fully saturated rings. The van der Waals surface area contributed by atoms with Gasteiger partial charge in [0.1, 0.15) is 5.82 Å². The summed E-state index contributed by atoms with van der Waals surface area (Å²) in [4.78, 5) is 12.4. The van der Waals surface area contributed by atoms with Crippen molar-refractivity contribution < 1.29 is 4.39 Å². The van der Waals surface area contributed by atoms with Gasteiger partial charge in [0.2, 0.25) is 0 Å². The third-order valence-electron chi connectivity index (χ3n) is 3.91. The second kappa shape index (κ2) is 4.40. The van der Waals surface area contributed by atoms with Crippen molar-refractivity contribution in [1.29, 1.82) is 0 Å². The van der Waals surface area contributed by atoms with Gasteiger partial charge in [-0.3, -0.25) is 0 Å². The first-order valence-electron chi connectivity index (χ1n) is 6.94. The molecule has 0 spiro atoms. The maximum Gasteiger partial charge on any atom is 0.160 e. The normalized spacial score (nSPS) is 14.4. The van der Waals surface area contributed by atoms with Gasteiger partial charge in [0, 0.05) is 11.3 Å². The molecule has 1 aromatic carbocycles. The molecule has 0 radical (unpaired) electrons. The molecular formula is C16H14FN3. The Hall–Kier alpha value is -2.23. The molecular weight excluding hydrogens is 253 g/mol. The molecule has 2 heterocycles. The SMILES string of the molecule is Fc1cccc(-c2ncc3[nH]c4c(c3n2)CCCC4)c1. The van der Waals surface area contributed by atoms with Crippen LogP contribution in [-0.4, -0.2) is 15.0 Å². The van der Waals surface area contributed by atoms with Gasteiger partial charge in [-0.1, -0.05) is 12.1 Å². The predicted octanol–water partition coefficient (Wildman–Crippen LogP) is 3.64. The van der Waals surface area contributed by atoms with Crippen molar-refractivity contribution in [2.75, 3.05) is 0 Å². The number of halogens is 1. The highest BCUT2D eigenvalue weighted by Gasteiger charge is 2.17. The molecule has 0 bridgehead atoms. The Bertz CT molecular complexity index is 792. The van der Waals surface area contributed by atoms with Crippen molar-refractivity contribution in [3.8, 4) is 11.4 Å². The third kappa shape index (κ3) is 1.80. The summed E-state index contributed by atoms with van der Waals surface area (Å²) < 4.78 is 13.3. The van der Waals surface area contributed by atoms with E-state index in [1.807, 2.05) is 6.07 Å². The van der Waals surface area contributed by atoms with Crippen LogP contribution in [0.1, 0.15) is 24.1 Å². The topological polar surface area (TPSA) is 41.6 Å². The molecule has 3 aromatic rings. The van der Waals surface area contributed by atoms with E-state index in [2.05, 4.69) is 15.0 Å². The van der Waals surface area contributed by atoms with Gasteiger partial charge in [-0.25, -0.2) is 14.4 Å². The Morgan fingerprint density at radius 2 is 2.05 bits per heavy atom. The maximum atomic E-state index is 13.3. The van der Waals surface area contributed by atoms with E-state index in [1.165, 1.54) is 36.2 Å². The fourth-order valence-corrected chi connectivity index (χ4v) is 2.94. The summed E-state index contributed by atoms with van der Waals surface area (Å²) in [7, 11) is 0. The van der Waals surface area contributed by atoms with E-state index in [0.29, 0.717) is 5.82 Å². The molecule has 0 unspecified atom stereocenters. The lowest BCUT2D eigenvalue weighted by atomic mass is 9.97. The zero-order chi connectivity index (χ0) is 13.5. The second-order valence-electron chi connectivity index (χ2n) is 5.26. The minimum atomic E-state index is -0.262. The quantitative estimate of drug-likeness (QED) is 0.731. The van der Waals surface area contributed by atoms with Crippen LogP contribution in [0.2, 0.25) is 0 Å². The lowest BCUT2D eigenvalue weighted by molar-refractivity contribution is 0.628. The molecule has 3 nitrogen and oxygen atoms in total. The Labute approximate surface area is 115 Å². The van der Waals surface area contributed by atoms with Crippen molar-refractivity contribution in [2.24, 2.45) is 0 Å². The van der Waals surface area contributed by atoms with Gasteiger partial charge < -0.3 is 4.98 Å². The highest BCUT2D eigenvalue weighted by atomic mass is 19.1. The fraction of sp³-hybridized carbons (Fsp3) is 0.250. The Morgan fingerprint density at radius 1 is 1.15 bits per heavy atom. The summed E-state index contributed by atoms with van der Waals surface area (Å²) in [5, 5.41) is 0. The molecule has 1 aliphatic rings. The van der Waals surface area contributed by atoms with Crippen molar-refractivity contribution in [2.45, 2.75) is 25.7 Å². The number of hydrogen-bond donors (Lipinski definition) is 1. The van der Waals surface area contributed by atoms with Crippen LogP contribution in [0.15, 0.2) is 30.5 Å². The molecule has 1 N–H and O–H groups in total. The average molecular weight is 267 g/mol. The van der Waals surface area contributed by atoms with Crippen LogP contribution in [0.25, 0.3) is 22.4 Å². The second-order valence-corrected chi connectivity index (χ2v) is 5.26. The third-order valence-corrected chi connectivity index (χ3v) is 3.91. The molecule has 0 aliphatic heterocycles. The molecule has 0 atom stereocenters. The molecule has 4 rings (SSSR count). The predicted molar refractivity (Wildman–Crippen MR) is 75.9 cm³/mol. The zero-order valence-corrected chi connectivity index (χ0v) is 11.0. The molecule has 1 aliphatic carbocycles. The first-order valence-corrected chi connectivity index (χ1v) is 6.94. The monoisotopic (exact) mass is 267 g/mol. The van der Waals surface area contributed by atoms with Crippen LogP contribution in [-0.2, 0) is 12.8 Å². The fourth-order valence-electron chi connectivity index (χ4n) is 2.94. The smallest absolute Gasteiger partial charge is 0.160 e. The van der Waals surface area contributed by atoms with Crippen molar-refractivity contribution in [3.05, 3.63) is 47.5 Å². The summed E-state index contributed by atoms with van der Waals surface area (Å²) in [5.74, 6) is 0.326. The minimum absolute atomic E-state index is 0.262. The van der Waals surface area contributed by atoms with Crippen LogP contribution in [0, 0.1) is 5.82 Å². The average Bonchev–Trinajstić information content (AvgIpc) is 2.85. The van der Waals surface area contributed by atoms with E-state index in [0.717, 1.165) is 29.4 Å². The maximum absolute atomic E-state index is 13.3. The largest absolute Gasteiger partial charge is 0.356 e. The lowest BCUT2D eigenvalue weighted by Gasteiger charge is -2.09. The van der Waals surface area contributed by atoms with Crippen LogP contribution in [0.5, 0.6) is 0 Å². The number of aromatic nitrogens is 3. The standard InChI is InChI=1S/C16H14FN3/c17-11-5-3-4-10(8-11)16-18-9-14-15(20-16)12-6-1-2-7-13(12)19-14/h3-5,8-9,19H,1-2,6-7H2. The van der Waals surface area contributed by atoms with E-state index >= 15 is 0 Å². The van der Waals surface area contributed by atoms with Crippen LogP contribution in [0.4, 0.5) is 4.39 Å². The highest BCUT2D eigenvalue weighted by molar-refractivity contribution is 5.81. The van der Waals surface area contributed by atoms with Crippen LogP contribution >= 0.6 is 0 Å². The van der Waals surface area contributed by atoms with Gasteiger partial charge in [-0.15, -0.1) is 0 Å². The molecule has 0 amide bonds. The molecule has 0 saturated heterocycles. The number of aromatic amines is 1. The number of aryl methyl sites for hydroxylation is 2. The molecule has 4 heteroatoms. The molecule has 100 valence electrons. The number of fused-ring (bicyclic) bond motifs is 3. The Balaban J connectivity index is 1.90. The summed E-state index contributed by atoms with van der Waals surface area (Å²) >= 11 is 0. The van der Waals surface area contributed by atoms with E-state index in [9.17, 15) is 4.39 Å². The van der Waals surface area contributed by atoms with E-state index < -0.39 is 0 Å². The number of rotatable bonds is 1. The van der Waals surface area contributed by atoms with Gasteiger partial charge in [0.05, 0.1) is 17.2 Å². The number of H-pyrrole nitrogens is 1. The summed E-state index contributed by atoms with van der Waals surface area (Å²) in [5.41, 5.74) is 5.30. The minimum Gasteiger partial charge on any atom is -0.356 e. The van der Waals surface area contributed by atoms with Gasteiger partial charge in [0.25, 0.3) is 0 Å².